The average molecular weight is 285 g/mol. The second-order valence-electron chi connectivity index (χ2n) is 4.36. The number of benzene rings is 1. The van der Waals surface area contributed by atoms with Crippen molar-refractivity contribution >= 4 is 11.3 Å². The Morgan fingerprint density at radius 2 is 1.95 bits per heavy atom. The zero-order valence-corrected chi connectivity index (χ0v) is 11.4. The fraction of sp³-hybridized carbons (Fsp3) is 0.286. The fourth-order valence-corrected chi connectivity index (χ4v) is 2.94. The molecule has 0 saturated carbocycles. The normalized spacial score (nSPS) is 13.5. The van der Waals surface area contributed by atoms with Gasteiger partial charge in [-0.1, -0.05) is 12.1 Å². The number of halogens is 3. The summed E-state index contributed by atoms with van der Waals surface area (Å²) in [5, 5.41) is 7.04. The molecule has 0 aliphatic rings. The minimum absolute atomic E-state index is 0.214. The first kappa shape index (κ1) is 14.1. The Kier molecular flexibility index (Phi) is 3.96. The molecule has 0 aliphatic carbocycles. The minimum Gasteiger partial charge on any atom is -0.309 e. The van der Waals surface area contributed by atoms with E-state index in [0.29, 0.717) is 5.56 Å². The van der Waals surface area contributed by atoms with Crippen LogP contribution in [0.4, 0.5) is 13.2 Å². The van der Waals surface area contributed by atoms with E-state index in [1.807, 2.05) is 17.7 Å². The van der Waals surface area contributed by atoms with Crippen LogP contribution in [0.25, 0.3) is 0 Å². The molecule has 0 saturated heterocycles. The van der Waals surface area contributed by atoms with Gasteiger partial charge in [-0.3, -0.25) is 0 Å². The van der Waals surface area contributed by atoms with Crippen LogP contribution in [0.1, 0.15) is 28.3 Å². The third kappa shape index (κ3) is 2.98. The van der Waals surface area contributed by atoms with E-state index in [-0.39, 0.29) is 6.04 Å². The largest absolute Gasteiger partial charge is 0.416 e. The van der Waals surface area contributed by atoms with E-state index in [1.165, 1.54) is 12.1 Å². The Balaban J connectivity index is 2.42. The minimum atomic E-state index is -4.31. The molecule has 1 N–H and O–H groups in total. The SMILES string of the molecule is CNC(c1cccc(C(F)(F)F)c1)c1cscc1C. The molecule has 0 radical (unpaired) electrons. The van der Waals surface area contributed by atoms with Crippen LogP contribution in [0.15, 0.2) is 35.0 Å². The summed E-state index contributed by atoms with van der Waals surface area (Å²) in [4.78, 5) is 0. The molecule has 0 aliphatic heterocycles. The molecule has 2 rings (SSSR count). The van der Waals surface area contributed by atoms with Crippen molar-refractivity contribution in [3.8, 4) is 0 Å². The Bertz CT molecular complexity index is 560. The van der Waals surface area contributed by atoms with Gasteiger partial charge < -0.3 is 5.32 Å². The van der Waals surface area contributed by atoms with E-state index in [0.717, 1.165) is 17.2 Å². The smallest absolute Gasteiger partial charge is 0.309 e. The highest BCUT2D eigenvalue weighted by Gasteiger charge is 2.31. The topological polar surface area (TPSA) is 12.0 Å². The zero-order valence-electron chi connectivity index (χ0n) is 10.6. The van der Waals surface area contributed by atoms with Gasteiger partial charge in [-0.15, -0.1) is 0 Å². The van der Waals surface area contributed by atoms with Crippen LogP contribution in [-0.2, 0) is 6.18 Å². The van der Waals surface area contributed by atoms with Crippen molar-refractivity contribution in [2.45, 2.75) is 19.1 Å². The van der Waals surface area contributed by atoms with Gasteiger partial charge in [0.25, 0.3) is 0 Å². The van der Waals surface area contributed by atoms with Crippen LogP contribution in [0.5, 0.6) is 0 Å². The molecule has 2 aromatic rings. The number of nitrogens with one attached hydrogen (secondary N) is 1. The number of aryl methyl sites for hydroxylation is 1. The fourth-order valence-electron chi connectivity index (χ4n) is 2.06. The van der Waals surface area contributed by atoms with Gasteiger partial charge in [0.05, 0.1) is 11.6 Å². The monoisotopic (exact) mass is 285 g/mol. The third-order valence-electron chi connectivity index (χ3n) is 3.04. The van der Waals surface area contributed by atoms with Gasteiger partial charge >= 0.3 is 6.18 Å². The number of alkyl halides is 3. The maximum absolute atomic E-state index is 12.7. The molecule has 1 unspecified atom stereocenters. The average Bonchev–Trinajstić information content (AvgIpc) is 2.76. The van der Waals surface area contributed by atoms with Crippen molar-refractivity contribution in [3.05, 3.63) is 57.3 Å². The lowest BCUT2D eigenvalue weighted by molar-refractivity contribution is -0.137. The van der Waals surface area contributed by atoms with Crippen molar-refractivity contribution in [1.29, 1.82) is 0 Å². The van der Waals surface area contributed by atoms with Gasteiger partial charge in [-0.05, 0) is 53.6 Å². The molecule has 102 valence electrons. The highest BCUT2D eigenvalue weighted by atomic mass is 32.1. The van der Waals surface area contributed by atoms with Crippen molar-refractivity contribution in [1.82, 2.24) is 5.32 Å². The van der Waals surface area contributed by atoms with Crippen LogP contribution >= 0.6 is 11.3 Å². The van der Waals surface area contributed by atoms with Crippen LogP contribution in [-0.4, -0.2) is 7.05 Å². The lowest BCUT2D eigenvalue weighted by Crippen LogP contribution is -2.18. The van der Waals surface area contributed by atoms with E-state index in [4.69, 9.17) is 0 Å². The lowest BCUT2D eigenvalue weighted by atomic mass is 9.97. The summed E-state index contributed by atoms with van der Waals surface area (Å²) in [5.74, 6) is 0. The molecular formula is C14H14F3NS. The van der Waals surface area contributed by atoms with Crippen LogP contribution < -0.4 is 5.32 Å². The third-order valence-corrected chi connectivity index (χ3v) is 3.92. The molecule has 0 spiro atoms. The van der Waals surface area contributed by atoms with Crippen LogP contribution in [0.3, 0.4) is 0 Å². The molecule has 19 heavy (non-hydrogen) atoms. The first-order chi connectivity index (χ1) is 8.93. The Morgan fingerprint density at radius 1 is 1.21 bits per heavy atom. The van der Waals surface area contributed by atoms with E-state index in [2.05, 4.69) is 5.32 Å². The summed E-state index contributed by atoms with van der Waals surface area (Å²) >= 11 is 1.55. The van der Waals surface area contributed by atoms with Gasteiger partial charge in [0.15, 0.2) is 0 Å². The van der Waals surface area contributed by atoms with E-state index in [9.17, 15) is 13.2 Å². The summed E-state index contributed by atoms with van der Waals surface area (Å²) in [7, 11) is 1.75. The van der Waals surface area contributed by atoms with Crippen LogP contribution in [0.2, 0.25) is 0 Å². The Labute approximate surface area is 114 Å². The van der Waals surface area contributed by atoms with E-state index >= 15 is 0 Å². The van der Waals surface area contributed by atoms with Crippen LogP contribution in [0, 0.1) is 6.92 Å². The Hall–Kier alpha value is -1.33. The number of rotatable bonds is 3. The highest BCUT2D eigenvalue weighted by molar-refractivity contribution is 7.08. The van der Waals surface area contributed by atoms with E-state index in [1.54, 1.807) is 24.5 Å². The zero-order chi connectivity index (χ0) is 14.0. The van der Waals surface area contributed by atoms with Gasteiger partial charge in [0, 0.05) is 0 Å². The molecular weight excluding hydrogens is 271 g/mol. The van der Waals surface area contributed by atoms with Crippen molar-refractivity contribution in [3.63, 3.8) is 0 Å². The lowest BCUT2D eigenvalue weighted by Gasteiger charge is -2.18. The highest BCUT2D eigenvalue weighted by Crippen LogP contribution is 2.33. The predicted octanol–water partition coefficient (Wildman–Crippen LogP) is 4.38. The van der Waals surface area contributed by atoms with Crippen molar-refractivity contribution in [2.75, 3.05) is 7.05 Å². The van der Waals surface area contributed by atoms with Gasteiger partial charge in [0.2, 0.25) is 0 Å². The van der Waals surface area contributed by atoms with Gasteiger partial charge in [-0.2, -0.15) is 24.5 Å². The summed E-state index contributed by atoms with van der Waals surface area (Å²) < 4.78 is 38.2. The maximum Gasteiger partial charge on any atom is 0.416 e. The summed E-state index contributed by atoms with van der Waals surface area (Å²) in [5.41, 5.74) is 2.12. The summed E-state index contributed by atoms with van der Waals surface area (Å²) in [6.07, 6.45) is -4.31. The second-order valence-corrected chi connectivity index (χ2v) is 5.10. The number of hydrogen-bond acceptors (Lipinski definition) is 2. The summed E-state index contributed by atoms with van der Waals surface area (Å²) in [6.45, 7) is 1.96. The molecule has 1 nitrogen and oxygen atoms in total. The van der Waals surface area contributed by atoms with E-state index < -0.39 is 11.7 Å². The standard InChI is InChI=1S/C14H14F3NS/c1-9-7-19-8-12(9)13(18-2)10-4-3-5-11(6-10)14(15,16)17/h3-8,13,18H,1-2H3. The first-order valence-corrected chi connectivity index (χ1v) is 6.75. The molecule has 5 heteroatoms. The van der Waals surface area contributed by atoms with Crippen molar-refractivity contribution < 1.29 is 13.2 Å². The number of hydrogen-bond donors (Lipinski definition) is 1. The van der Waals surface area contributed by atoms with Gasteiger partial charge in [0.1, 0.15) is 0 Å². The molecule has 0 fully saturated rings. The second kappa shape index (κ2) is 5.35. The first-order valence-electron chi connectivity index (χ1n) is 5.80. The molecule has 0 amide bonds. The molecule has 1 aromatic heterocycles. The molecule has 0 bridgehead atoms. The maximum atomic E-state index is 12.7. The quantitative estimate of drug-likeness (QED) is 0.882. The number of thiophene rings is 1. The predicted molar refractivity (Wildman–Crippen MR) is 71.4 cm³/mol. The van der Waals surface area contributed by atoms with Gasteiger partial charge in [-0.25, -0.2) is 0 Å². The molecule has 1 heterocycles. The summed E-state index contributed by atoms with van der Waals surface area (Å²) in [6, 6.07) is 5.25. The Morgan fingerprint density at radius 3 is 2.47 bits per heavy atom. The van der Waals surface area contributed by atoms with Crippen molar-refractivity contribution in [2.24, 2.45) is 0 Å². The molecule has 1 aromatic carbocycles. The molecule has 1 atom stereocenters.